The van der Waals surface area contributed by atoms with Crippen LogP contribution in [0.25, 0.3) is 0 Å². The second-order valence-electron chi connectivity index (χ2n) is 7.04. The van der Waals surface area contributed by atoms with Gasteiger partial charge in [0.25, 0.3) is 0 Å². The third kappa shape index (κ3) is 5.27. The summed E-state index contributed by atoms with van der Waals surface area (Å²) in [6.07, 6.45) is -3.82. The second-order valence-corrected chi connectivity index (χ2v) is 7.04. The maximum absolute atomic E-state index is 12.5. The molecule has 1 fully saturated rings. The summed E-state index contributed by atoms with van der Waals surface area (Å²) in [6, 6.07) is 5.56. The van der Waals surface area contributed by atoms with Gasteiger partial charge in [-0.3, -0.25) is 4.79 Å². The zero-order valence-corrected chi connectivity index (χ0v) is 16.4. The van der Waals surface area contributed by atoms with Crippen LogP contribution in [0.1, 0.15) is 32.8 Å². The summed E-state index contributed by atoms with van der Waals surface area (Å²) >= 11 is 0. The fourth-order valence-corrected chi connectivity index (χ4v) is 3.16. The van der Waals surface area contributed by atoms with Gasteiger partial charge in [0, 0.05) is 25.0 Å². The van der Waals surface area contributed by atoms with E-state index in [-0.39, 0.29) is 30.2 Å². The highest BCUT2D eigenvalue weighted by Crippen LogP contribution is 2.49. The lowest BCUT2D eigenvalue weighted by Crippen LogP contribution is -2.75. The molecule has 2 atom stereocenters. The van der Waals surface area contributed by atoms with Crippen molar-refractivity contribution in [3.8, 4) is 5.75 Å². The molecule has 0 aromatic heterocycles. The number of amides is 1. The molecule has 5 nitrogen and oxygen atoms in total. The molecular weight excluding hydrogens is 385 g/mol. The second kappa shape index (κ2) is 8.67. The standard InChI is InChI=1S/C18H25F3N2O3.ClH/c1-4-25-14-11-17(22,16(14,2)3)15(24)23-10-9-12-5-7-13(8-6-12)26-18(19,20)21;/h5-8,14H,4,9-11,22H2,1-3H3,(H,23,24);1H. The molecule has 0 aliphatic heterocycles. The highest BCUT2D eigenvalue weighted by molar-refractivity contribution is 5.88. The van der Waals surface area contributed by atoms with Crippen LogP contribution in [0.2, 0.25) is 0 Å². The maximum atomic E-state index is 12.5. The van der Waals surface area contributed by atoms with Crippen LogP contribution in [0.15, 0.2) is 24.3 Å². The summed E-state index contributed by atoms with van der Waals surface area (Å²) in [5.41, 5.74) is 5.61. The monoisotopic (exact) mass is 410 g/mol. The Bertz CT molecular complexity index is 638. The third-order valence-corrected chi connectivity index (χ3v) is 5.09. The van der Waals surface area contributed by atoms with E-state index in [1.54, 1.807) is 0 Å². The largest absolute Gasteiger partial charge is 0.573 e. The number of rotatable bonds is 7. The number of alkyl halides is 3. The fourth-order valence-electron chi connectivity index (χ4n) is 3.16. The molecule has 0 spiro atoms. The number of ether oxygens (including phenoxy) is 2. The first-order valence-electron chi connectivity index (χ1n) is 8.53. The molecular formula is C18H26ClF3N2O3. The molecule has 1 aliphatic carbocycles. The van der Waals surface area contributed by atoms with Crippen LogP contribution in [-0.4, -0.2) is 37.1 Å². The van der Waals surface area contributed by atoms with E-state index in [1.807, 2.05) is 20.8 Å². The van der Waals surface area contributed by atoms with Crippen molar-refractivity contribution in [2.45, 2.75) is 51.6 Å². The number of carbonyl (C=O) groups is 1. The van der Waals surface area contributed by atoms with Crippen LogP contribution in [0.3, 0.4) is 0 Å². The minimum Gasteiger partial charge on any atom is -0.406 e. The minimum atomic E-state index is -4.71. The van der Waals surface area contributed by atoms with Crippen molar-refractivity contribution in [2.75, 3.05) is 13.2 Å². The van der Waals surface area contributed by atoms with Crippen LogP contribution in [0.5, 0.6) is 5.75 Å². The first-order valence-corrected chi connectivity index (χ1v) is 8.53. The van der Waals surface area contributed by atoms with Gasteiger partial charge < -0.3 is 20.5 Å². The van der Waals surface area contributed by atoms with Gasteiger partial charge in [0.2, 0.25) is 5.91 Å². The SMILES string of the molecule is CCOC1CC(N)(C(=O)NCCc2ccc(OC(F)(F)F)cc2)C1(C)C.Cl. The van der Waals surface area contributed by atoms with E-state index >= 15 is 0 Å². The summed E-state index contributed by atoms with van der Waals surface area (Å²) < 4.78 is 45.8. The number of carbonyl (C=O) groups excluding carboxylic acids is 1. The third-order valence-electron chi connectivity index (χ3n) is 5.09. The van der Waals surface area contributed by atoms with E-state index in [9.17, 15) is 18.0 Å². The molecule has 0 bridgehead atoms. The summed E-state index contributed by atoms with van der Waals surface area (Å²) in [7, 11) is 0. The van der Waals surface area contributed by atoms with E-state index in [2.05, 4.69) is 10.1 Å². The van der Waals surface area contributed by atoms with Crippen molar-refractivity contribution in [3.63, 3.8) is 0 Å². The van der Waals surface area contributed by atoms with Crippen molar-refractivity contribution < 1.29 is 27.4 Å². The molecule has 0 saturated heterocycles. The number of nitrogens with two attached hydrogens (primary N) is 1. The van der Waals surface area contributed by atoms with E-state index < -0.39 is 17.3 Å². The smallest absolute Gasteiger partial charge is 0.406 e. The Morgan fingerprint density at radius 2 is 1.89 bits per heavy atom. The van der Waals surface area contributed by atoms with E-state index in [1.165, 1.54) is 24.3 Å². The predicted molar refractivity (Wildman–Crippen MR) is 97.8 cm³/mol. The molecule has 0 radical (unpaired) electrons. The average molecular weight is 411 g/mol. The Labute approximate surface area is 163 Å². The highest BCUT2D eigenvalue weighted by Gasteiger charge is 2.62. The maximum Gasteiger partial charge on any atom is 0.573 e. The van der Waals surface area contributed by atoms with Crippen molar-refractivity contribution in [1.82, 2.24) is 5.32 Å². The van der Waals surface area contributed by atoms with E-state index in [4.69, 9.17) is 10.5 Å². The van der Waals surface area contributed by atoms with Gasteiger partial charge in [-0.1, -0.05) is 26.0 Å². The molecule has 27 heavy (non-hydrogen) atoms. The Balaban J connectivity index is 0.00000364. The summed E-state index contributed by atoms with van der Waals surface area (Å²) in [6.45, 7) is 6.63. The van der Waals surface area contributed by atoms with Crippen molar-refractivity contribution in [2.24, 2.45) is 11.1 Å². The Hall–Kier alpha value is -1.51. The van der Waals surface area contributed by atoms with Gasteiger partial charge >= 0.3 is 6.36 Å². The molecule has 2 rings (SSSR count). The highest BCUT2D eigenvalue weighted by atomic mass is 35.5. The Kier molecular flexibility index (Phi) is 7.55. The van der Waals surface area contributed by atoms with Crippen LogP contribution < -0.4 is 15.8 Å². The lowest BCUT2D eigenvalue weighted by atomic mass is 9.54. The number of nitrogens with one attached hydrogen (secondary N) is 1. The van der Waals surface area contributed by atoms with Crippen LogP contribution in [0, 0.1) is 5.41 Å². The topological polar surface area (TPSA) is 73.6 Å². The quantitative estimate of drug-likeness (QED) is 0.724. The van der Waals surface area contributed by atoms with Gasteiger partial charge in [-0.15, -0.1) is 25.6 Å². The predicted octanol–water partition coefficient (Wildman–Crippen LogP) is 3.20. The van der Waals surface area contributed by atoms with Gasteiger partial charge in [0.05, 0.1) is 6.10 Å². The van der Waals surface area contributed by atoms with Gasteiger partial charge in [0.1, 0.15) is 11.3 Å². The summed E-state index contributed by atoms with van der Waals surface area (Å²) in [5.74, 6) is -0.514. The molecule has 9 heteroatoms. The number of hydrogen-bond donors (Lipinski definition) is 2. The van der Waals surface area contributed by atoms with E-state index in [0.29, 0.717) is 26.0 Å². The molecule has 1 aromatic carbocycles. The molecule has 1 aliphatic rings. The lowest BCUT2D eigenvalue weighted by molar-refractivity contribution is -0.274. The molecule has 1 aromatic rings. The Morgan fingerprint density at radius 3 is 2.37 bits per heavy atom. The molecule has 154 valence electrons. The minimum absolute atomic E-state index is 0. The summed E-state index contributed by atoms with van der Waals surface area (Å²) in [4.78, 5) is 12.5. The first kappa shape index (κ1) is 23.5. The fraction of sp³-hybridized carbons (Fsp3) is 0.611. The normalized spacial score (nSPS) is 23.7. The zero-order valence-electron chi connectivity index (χ0n) is 15.6. The lowest BCUT2D eigenvalue weighted by Gasteiger charge is -2.57. The summed E-state index contributed by atoms with van der Waals surface area (Å²) in [5, 5.41) is 2.81. The number of benzene rings is 1. The molecule has 2 unspecified atom stereocenters. The van der Waals surface area contributed by atoms with Gasteiger partial charge in [-0.25, -0.2) is 0 Å². The van der Waals surface area contributed by atoms with Crippen molar-refractivity contribution in [1.29, 1.82) is 0 Å². The number of halogens is 4. The van der Waals surface area contributed by atoms with E-state index in [0.717, 1.165) is 5.56 Å². The van der Waals surface area contributed by atoms with Crippen molar-refractivity contribution >= 4 is 18.3 Å². The molecule has 0 heterocycles. The first-order chi connectivity index (χ1) is 12.0. The van der Waals surface area contributed by atoms with Crippen LogP contribution >= 0.6 is 12.4 Å². The molecule has 3 N–H and O–H groups in total. The molecule has 1 saturated carbocycles. The molecule has 1 amide bonds. The van der Waals surface area contributed by atoms with Gasteiger partial charge in [-0.2, -0.15) is 0 Å². The number of hydrogen-bond acceptors (Lipinski definition) is 4. The zero-order chi connectivity index (χ0) is 19.6. The van der Waals surface area contributed by atoms with Crippen LogP contribution in [-0.2, 0) is 16.0 Å². The van der Waals surface area contributed by atoms with Crippen molar-refractivity contribution in [3.05, 3.63) is 29.8 Å². The van der Waals surface area contributed by atoms with Gasteiger partial charge in [-0.05, 0) is 31.0 Å². The Morgan fingerprint density at radius 1 is 1.30 bits per heavy atom. The van der Waals surface area contributed by atoms with Gasteiger partial charge in [0.15, 0.2) is 0 Å². The average Bonchev–Trinajstić information content (AvgIpc) is 2.54. The van der Waals surface area contributed by atoms with Crippen LogP contribution in [0.4, 0.5) is 13.2 Å².